The molecular formula is C9H15NO. The van der Waals surface area contributed by atoms with Crippen molar-refractivity contribution < 1.29 is 4.79 Å². The van der Waals surface area contributed by atoms with Gasteiger partial charge in [-0.2, -0.15) is 0 Å². The molecule has 1 saturated carbocycles. The second kappa shape index (κ2) is 2.59. The Morgan fingerprint density at radius 2 is 2.09 bits per heavy atom. The van der Waals surface area contributed by atoms with Gasteiger partial charge in [-0.15, -0.1) is 0 Å². The Labute approximate surface area is 67.6 Å². The Hall–Kier alpha value is -0.370. The normalized spacial score (nSPS) is 39.2. The van der Waals surface area contributed by atoms with E-state index < -0.39 is 0 Å². The minimum Gasteiger partial charge on any atom is -0.298 e. The van der Waals surface area contributed by atoms with Crippen LogP contribution in [0.25, 0.3) is 0 Å². The van der Waals surface area contributed by atoms with Crippen molar-refractivity contribution in [2.24, 2.45) is 5.92 Å². The van der Waals surface area contributed by atoms with Gasteiger partial charge in [0.05, 0.1) is 6.54 Å². The summed E-state index contributed by atoms with van der Waals surface area (Å²) in [6.07, 6.45) is 4.97. The summed E-state index contributed by atoms with van der Waals surface area (Å²) in [5, 5.41) is 0. The van der Waals surface area contributed by atoms with Gasteiger partial charge in [0.2, 0.25) is 0 Å². The highest BCUT2D eigenvalue weighted by molar-refractivity contribution is 5.85. The van der Waals surface area contributed by atoms with Crippen LogP contribution in [-0.4, -0.2) is 30.3 Å². The van der Waals surface area contributed by atoms with Crippen molar-refractivity contribution in [2.45, 2.75) is 31.7 Å². The van der Waals surface area contributed by atoms with Gasteiger partial charge in [-0.1, -0.05) is 12.8 Å². The minimum atomic E-state index is 0.397. The highest BCUT2D eigenvalue weighted by Gasteiger charge is 2.39. The molecule has 2 fully saturated rings. The molecule has 2 heteroatoms. The molecule has 0 aromatic heterocycles. The van der Waals surface area contributed by atoms with Crippen LogP contribution < -0.4 is 0 Å². The predicted molar refractivity (Wildman–Crippen MR) is 43.4 cm³/mol. The van der Waals surface area contributed by atoms with Crippen LogP contribution in [0.2, 0.25) is 0 Å². The number of hydrogen-bond donors (Lipinski definition) is 0. The van der Waals surface area contributed by atoms with Crippen molar-refractivity contribution in [3.8, 4) is 0 Å². The maximum atomic E-state index is 11.4. The van der Waals surface area contributed by atoms with E-state index in [-0.39, 0.29) is 0 Å². The molecule has 0 aromatic carbocycles. The smallest absolute Gasteiger partial charge is 0.151 e. The average Bonchev–Trinajstić information content (AvgIpc) is 2.30. The van der Waals surface area contributed by atoms with Crippen molar-refractivity contribution in [1.82, 2.24) is 4.90 Å². The minimum absolute atomic E-state index is 0.397. The van der Waals surface area contributed by atoms with E-state index in [1.807, 2.05) is 0 Å². The molecule has 0 amide bonds. The number of likely N-dealkylation sites (N-methyl/N-ethyl adjacent to an activating group) is 1. The summed E-state index contributed by atoms with van der Waals surface area (Å²) in [6.45, 7) is 0.704. The lowest BCUT2D eigenvalue weighted by Crippen LogP contribution is -2.31. The topological polar surface area (TPSA) is 20.3 Å². The summed E-state index contributed by atoms with van der Waals surface area (Å²) >= 11 is 0. The van der Waals surface area contributed by atoms with E-state index in [1.54, 1.807) is 0 Å². The van der Waals surface area contributed by atoms with Crippen LogP contribution in [0, 0.1) is 5.92 Å². The molecule has 0 N–H and O–H groups in total. The van der Waals surface area contributed by atoms with Crippen LogP contribution in [-0.2, 0) is 4.79 Å². The fourth-order valence-electron chi connectivity index (χ4n) is 2.49. The first-order valence-electron chi connectivity index (χ1n) is 4.52. The number of carbonyl (C=O) groups excluding carboxylic acids is 1. The Balaban J connectivity index is 2.13. The molecule has 11 heavy (non-hydrogen) atoms. The van der Waals surface area contributed by atoms with E-state index in [2.05, 4.69) is 11.9 Å². The average molecular weight is 153 g/mol. The highest BCUT2D eigenvalue weighted by Crippen LogP contribution is 2.32. The zero-order valence-electron chi connectivity index (χ0n) is 7.05. The molecule has 1 saturated heterocycles. The van der Waals surface area contributed by atoms with E-state index in [4.69, 9.17) is 0 Å². The Bertz CT molecular complexity index is 178. The van der Waals surface area contributed by atoms with Crippen molar-refractivity contribution in [2.75, 3.05) is 13.6 Å². The van der Waals surface area contributed by atoms with E-state index in [0.717, 1.165) is 6.42 Å². The third-order valence-electron chi connectivity index (χ3n) is 3.11. The maximum absolute atomic E-state index is 11.4. The SMILES string of the molecule is CN1CC(=O)C2CCCCC21. The van der Waals surface area contributed by atoms with Gasteiger partial charge in [0, 0.05) is 12.0 Å². The monoisotopic (exact) mass is 153 g/mol. The van der Waals surface area contributed by atoms with E-state index in [9.17, 15) is 4.79 Å². The van der Waals surface area contributed by atoms with Gasteiger partial charge in [0.25, 0.3) is 0 Å². The van der Waals surface area contributed by atoms with E-state index in [0.29, 0.717) is 24.3 Å². The van der Waals surface area contributed by atoms with Crippen molar-refractivity contribution >= 4 is 5.78 Å². The number of ketones is 1. The van der Waals surface area contributed by atoms with Gasteiger partial charge in [0.15, 0.2) is 5.78 Å². The van der Waals surface area contributed by atoms with Gasteiger partial charge in [-0.3, -0.25) is 9.69 Å². The molecule has 2 unspecified atom stereocenters. The van der Waals surface area contributed by atoms with Gasteiger partial charge in [-0.25, -0.2) is 0 Å². The molecule has 0 spiro atoms. The predicted octanol–water partition coefficient (Wildman–Crippen LogP) is 1.06. The highest BCUT2D eigenvalue weighted by atomic mass is 16.1. The number of carbonyl (C=O) groups is 1. The van der Waals surface area contributed by atoms with Gasteiger partial charge in [0.1, 0.15) is 0 Å². The van der Waals surface area contributed by atoms with Crippen molar-refractivity contribution in [3.63, 3.8) is 0 Å². The molecule has 0 bridgehead atoms. The Morgan fingerprint density at radius 3 is 2.82 bits per heavy atom. The number of Topliss-reactive ketones (excluding diaryl/α,β-unsaturated/α-hetero) is 1. The molecule has 0 radical (unpaired) electrons. The quantitative estimate of drug-likeness (QED) is 0.518. The summed E-state index contributed by atoms with van der Waals surface area (Å²) in [7, 11) is 2.08. The first-order chi connectivity index (χ1) is 5.29. The first-order valence-corrected chi connectivity index (χ1v) is 4.52. The van der Waals surface area contributed by atoms with Crippen LogP contribution in [0.1, 0.15) is 25.7 Å². The van der Waals surface area contributed by atoms with Crippen molar-refractivity contribution in [3.05, 3.63) is 0 Å². The summed E-state index contributed by atoms with van der Waals surface area (Å²) in [5.74, 6) is 0.881. The fraction of sp³-hybridized carbons (Fsp3) is 0.889. The van der Waals surface area contributed by atoms with Crippen LogP contribution >= 0.6 is 0 Å². The van der Waals surface area contributed by atoms with Crippen LogP contribution in [0.4, 0.5) is 0 Å². The Kier molecular flexibility index (Phi) is 1.72. The van der Waals surface area contributed by atoms with Crippen LogP contribution in [0.3, 0.4) is 0 Å². The summed E-state index contributed by atoms with van der Waals surface area (Å²) < 4.78 is 0. The third-order valence-corrected chi connectivity index (χ3v) is 3.11. The maximum Gasteiger partial charge on any atom is 0.151 e. The summed E-state index contributed by atoms with van der Waals surface area (Å²) in [5.41, 5.74) is 0. The lowest BCUT2D eigenvalue weighted by Gasteiger charge is -2.27. The molecule has 62 valence electrons. The molecule has 1 aliphatic heterocycles. The van der Waals surface area contributed by atoms with Gasteiger partial charge in [-0.05, 0) is 19.9 Å². The molecule has 0 aromatic rings. The number of hydrogen-bond acceptors (Lipinski definition) is 2. The van der Waals surface area contributed by atoms with Crippen LogP contribution in [0.5, 0.6) is 0 Å². The first kappa shape index (κ1) is 7.29. The molecular weight excluding hydrogens is 138 g/mol. The van der Waals surface area contributed by atoms with E-state index in [1.165, 1.54) is 19.3 Å². The third kappa shape index (κ3) is 1.09. The number of fused-ring (bicyclic) bond motifs is 1. The molecule has 2 aliphatic rings. The lowest BCUT2D eigenvalue weighted by molar-refractivity contribution is -0.120. The second-order valence-corrected chi connectivity index (χ2v) is 3.84. The second-order valence-electron chi connectivity index (χ2n) is 3.84. The molecule has 1 heterocycles. The molecule has 2 rings (SSSR count). The van der Waals surface area contributed by atoms with Crippen molar-refractivity contribution in [1.29, 1.82) is 0 Å². The number of likely N-dealkylation sites (tertiary alicyclic amines) is 1. The summed E-state index contributed by atoms with van der Waals surface area (Å²) in [6, 6.07) is 0.594. The Morgan fingerprint density at radius 1 is 1.36 bits per heavy atom. The summed E-state index contributed by atoms with van der Waals surface area (Å²) in [4.78, 5) is 13.6. The largest absolute Gasteiger partial charge is 0.298 e. The van der Waals surface area contributed by atoms with Gasteiger partial charge >= 0.3 is 0 Å². The van der Waals surface area contributed by atoms with Gasteiger partial charge < -0.3 is 0 Å². The van der Waals surface area contributed by atoms with E-state index >= 15 is 0 Å². The molecule has 2 atom stereocenters. The zero-order valence-corrected chi connectivity index (χ0v) is 7.05. The molecule has 2 nitrogen and oxygen atoms in total. The lowest BCUT2D eigenvalue weighted by atomic mass is 9.85. The zero-order chi connectivity index (χ0) is 7.84. The number of nitrogens with zero attached hydrogens (tertiary/aromatic N) is 1. The standard InChI is InChI=1S/C9H15NO/c1-10-6-9(11)7-4-2-3-5-8(7)10/h7-8H,2-6H2,1H3. The van der Waals surface area contributed by atoms with Crippen LogP contribution in [0.15, 0.2) is 0 Å². The number of rotatable bonds is 0. The fourth-order valence-corrected chi connectivity index (χ4v) is 2.49. The molecule has 1 aliphatic carbocycles.